The van der Waals surface area contributed by atoms with Crippen LogP contribution in [-0.2, 0) is 6.42 Å². The van der Waals surface area contributed by atoms with Crippen molar-refractivity contribution in [2.75, 3.05) is 19.5 Å². The fourth-order valence-corrected chi connectivity index (χ4v) is 2.12. The molecule has 0 spiro atoms. The SMILES string of the molecule is COc1ccc(NC(C)Cc2ccccc2OC)cn1. The van der Waals surface area contributed by atoms with E-state index in [4.69, 9.17) is 9.47 Å². The molecule has 0 saturated carbocycles. The summed E-state index contributed by atoms with van der Waals surface area (Å²) in [4.78, 5) is 4.18. The minimum atomic E-state index is 0.279. The van der Waals surface area contributed by atoms with Gasteiger partial charge >= 0.3 is 0 Å². The second-order valence-corrected chi connectivity index (χ2v) is 4.65. The number of hydrogen-bond acceptors (Lipinski definition) is 4. The summed E-state index contributed by atoms with van der Waals surface area (Å²) in [6.07, 6.45) is 2.66. The van der Waals surface area contributed by atoms with Gasteiger partial charge in [0.05, 0.1) is 26.1 Å². The fourth-order valence-electron chi connectivity index (χ4n) is 2.12. The van der Waals surface area contributed by atoms with Crippen LogP contribution in [0.25, 0.3) is 0 Å². The van der Waals surface area contributed by atoms with E-state index in [2.05, 4.69) is 23.3 Å². The first-order valence-corrected chi connectivity index (χ1v) is 6.61. The maximum atomic E-state index is 5.37. The van der Waals surface area contributed by atoms with Gasteiger partial charge in [-0.15, -0.1) is 0 Å². The van der Waals surface area contributed by atoms with E-state index in [-0.39, 0.29) is 6.04 Å². The van der Waals surface area contributed by atoms with E-state index < -0.39 is 0 Å². The molecule has 2 rings (SSSR count). The van der Waals surface area contributed by atoms with E-state index in [1.165, 1.54) is 5.56 Å². The lowest BCUT2D eigenvalue weighted by Crippen LogP contribution is -2.18. The summed E-state index contributed by atoms with van der Waals surface area (Å²) in [6.45, 7) is 2.14. The molecule has 0 aliphatic heterocycles. The molecule has 1 aromatic heterocycles. The standard InChI is InChI=1S/C16H20N2O2/c1-12(10-13-6-4-5-7-15(13)19-2)18-14-8-9-16(20-3)17-11-14/h4-9,11-12,18H,10H2,1-3H3. The summed E-state index contributed by atoms with van der Waals surface area (Å²) >= 11 is 0. The van der Waals surface area contributed by atoms with Crippen LogP contribution in [-0.4, -0.2) is 25.2 Å². The molecular weight excluding hydrogens is 252 g/mol. The molecule has 0 saturated heterocycles. The average Bonchev–Trinajstić information content (AvgIpc) is 2.48. The zero-order valence-corrected chi connectivity index (χ0v) is 12.1. The van der Waals surface area contributed by atoms with Crippen LogP contribution in [0.2, 0.25) is 0 Å². The third-order valence-electron chi connectivity index (χ3n) is 3.08. The topological polar surface area (TPSA) is 43.4 Å². The van der Waals surface area contributed by atoms with E-state index >= 15 is 0 Å². The van der Waals surface area contributed by atoms with Gasteiger partial charge in [-0.05, 0) is 31.0 Å². The first-order chi connectivity index (χ1) is 9.72. The predicted molar refractivity (Wildman–Crippen MR) is 80.6 cm³/mol. The monoisotopic (exact) mass is 272 g/mol. The Morgan fingerprint density at radius 3 is 2.55 bits per heavy atom. The number of para-hydroxylation sites is 1. The van der Waals surface area contributed by atoms with Gasteiger partial charge in [0.2, 0.25) is 5.88 Å². The predicted octanol–water partition coefficient (Wildman–Crippen LogP) is 3.14. The van der Waals surface area contributed by atoms with Gasteiger partial charge in [0.1, 0.15) is 5.75 Å². The van der Waals surface area contributed by atoms with Crippen molar-refractivity contribution in [2.45, 2.75) is 19.4 Å². The van der Waals surface area contributed by atoms with Crippen LogP contribution >= 0.6 is 0 Å². The van der Waals surface area contributed by atoms with Gasteiger partial charge in [-0.1, -0.05) is 18.2 Å². The number of anilines is 1. The molecule has 0 bridgehead atoms. The summed E-state index contributed by atoms with van der Waals surface area (Å²) in [5.74, 6) is 1.54. The van der Waals surface area contributed by atoms with Gasteiger partial charge in [0.15, 0.2) is 0 Å². The summed E-state index contributed by atoms with van der Waals surface area (Å²) in [5, 5.41) is 3.42. The lowest BCUT2D eigenvalue weighted by atomic mass is 10.1. The number of hydrogen-bond donors (Lipinski definition) is 1. The maximum Gasteiger partial charge on any atom is 0.213 e. The highest BCUT2D eigenvalue weighted by molar-refractivity contribution is 5.44. The van der Waals surface area contributed by atoms with Crippen LogP contribution in [0.1, 0.15) is 12.5 Å². The third kappa shape index (κ3) is 3.63. The molecule has 0 fully saturated rings. The van der Waals surface area contributed by atoms with E-state index in [0.29, 0.717) is 5.88 Å². The van der Waals surface area contributed by atoms with Gasteiger partial charge in [-0.3, -0.25) is 0 Å². The number of rotatable bonds is 6. The highest BCUT2D eigenvalue weighted by atomic mass is 16.5. The second kappa shape index (κ2) is 6.80. The Balaban J connectivity index is 1.99. The Kier molecular flexibility index (Phi) is 4.82. The number of pyridine rings is 1. The number of nitrogens with zero attached hydrogens (tertiary/aromatic N) is 1. The molecular formula is C16H20N2O2. The molecule has 0 aliphatic carbocycles. The molecule has 0 radical (unpaired) electrons. The Morgan fingerprint density at radius 1 is 1.10 bits per heavy atom. The second-order valence-electron chi connectivity index (χ2n) is 4.65. The van der Waals surface area contributed by atoms with Crippen LogP contribution in [0, 0.1) is 0 Å². The first kappa shape index (κ1) is 14.2. The molecule has 2 aromatic rings. The van der Waals surface area contributed by atoms with Crippen LogP contribution in [0.5, 0.6) is 11.6 Å². The first-order valence-electron chi connectivity index (χ1n) is 6.61. The van der Waals surface area contributed by atoms with Crippen molar-refractivity contribution >= 4 is 5.69 Å². The van der Waals surface area contributed by atoms with Crippen LogP contribution in [0.15, 0.2) is 42.6 Å². The molecule has 1 aromatic carbocycles. The molecule has 0 aliphatic rings. The zero-order valence-electron chi connectivity index (χ0n) is 12.1. The van der Waals surface area contributed by atoms with E-state index in [1.807, 2.05) is 30.3 Å². The van der Waals surface area contributed by atoms with Gasteiger partial charge < -0.3 is 14.8 Å². The smallest absolute Gasteiger partial charge is 0.213 e. The maximum absolute atomic E-state index is 5.37. The summed E-state index contributed by atoms with van der Waals surface area (Å²) in [7, 11) is 3.31. The van der Waals surface area contributed by atoms with Crippen molar-refractivity contribution in [3.05, 3.63) is 48.2 Å². The number of aromatic nitrogens is 1. The van der Waals surface area contributed by atoms with Gasteiger partial charge in [0, 0.05) is 12.1 Å². The van der Waals surface area contributed by atoms with Crippen molar-refractivity contribution in [1.29, 1.82) is 0 Å². The molecule has 20 heavy (non-hydrogen) atoms. The van der Waals surface area contributed by atoms with E-state index in [9.17, 15) is 0 Å². The minimum absolute atomic E-state index is 0.279. The Hall–Kier alpha value is -2.23. The van der Waals surface area contributed by atoms with Crippen molar-refractivity contribution in [2.24, 2.45) is 0 Å². The Labute approximate surface area is 119 Å². The van der Waals surface area contributed by atoms with Gasteiger partial charge in [0.25, 0.3) is 0 Å². The van der Waals surface area contributed by atoms with Crippen LogP contribution in [0.4, 0.5) is 5.69 Å². The summed E-state index contributed by atoms with van der Waals surface area (Å²) < 4.78 is 10.4. The quantitative estimate of drug-likeness (QED) is 0.877. The number of benzene rings is 1. The number of methoxy groups -OCH3 is 2. The fraction of sp³-hybridized carbons (Fsp3) is 0.312. The molecule has 1 N–H and O–H groups in total. The highest BCUT2D eigenvalue weighted by Gasteiger charge is 2.08. The molecule has 1 unspecified atom stereocenters. The average molecular weight is 272 g/mol. The largest absolute Gasteiger partial charge is 0.496 e. The van der Waals surface area contributed by atoms with Crippen molar-refractivity contribution in [3.63, 3.8) is 0 Å². The van der Waals surface area contributed by atoms with Gasteiger partial charge in [-0.2, -0.15) is 0 Å². The molecule has 4 nitrogen and oxygen atoms in total. The van der Waals surface area contributed by atoms with Gasteiger partial charge in [-0.25, -0.2) is 4.98 Å². The third-order valence-corrected chi connectivity index (χ3v) is 3.08. The highest BCUT2D eigenvalue weighted by Crippen LogP contribution is 2.20. The molecule has 106 valence electrons. The molecule has 4 heteroatoms. The van der Waals surface area contributed by atoms with Crippen LogP contribution < -0.4 is 14.8 Å². The molecule has 1 atom stereocenters. The van der Waals surface area contributed by atoms with E-state index in [1.54, 1.807) is 20.4 Å². The van der Waals surface area contributed by atoms with Crippen LogP contribution in [0.3, 0.4) is 0 Å². The number of nitrogens with one attached hydrogen (secondary N) is 1. The zero-order chi connectivity index (χ0) is 14.4. The van der Waals surface area contributed by atoms with E-state index in [0.717, 1.165) is 17.9 Å². The lowest BCUT2D eigenvalue weighted by molar-refractivity contribution is 0.398. The molecule has 1 heterocycles. The Morgan fingerprint density at radius 2 is 1.90 bits per heavy atom. The van der Waals surface area contributed by atoms with Crippen molar-refractivity contribution in [1.82, 2.24) is 4.98 Å². The lowest BCUT2D eigenvalue weighted by Gasteiger charge is -2.17. The molecule has 0 amide bonds. The summed E-state index contributed by atoms with van der Waals surface area (Å²) in [5.41, 5.74) is 2.17. The normalized spacial score (nSPS) is 11.8. The summed E-state index contributed by atoms with van der Waals surface area (Å²) in [6, 6.07) is 12.2. The van der Waals surface area contributed by atoms with Crippen molar-refractivity contribution in [3.8, 4) is 11.6 Å². The van der Waals surface area contributed by atoms with Crippen molar-refractivity contribution < 1.29 is 9.47 Å². The number of ether oxygens (including phenoxy) is 2. The minimum Gasteiger partial charge on any atom is -0.496 e. The Bertz CT molecular complexity index is 540.